The average Bonchev–Trinajstić information content (AvgIpc) is 3.10. The Hall–Kier alpha value is -4.12. The molecule has 1 amide bonds. The van der Waals surface area contributed by atoms with Gasteiger partial charge in [0.1, 0.15) is 17.4 Å². The Morgan fingerprint density at radius 1 is 1.32 bits per heavy atom. The van der Waals surface area contributed by atoms with E-state index >= 15 is 0 Å². The number of fused-ring (bicyclic) bond motifs is 1. The number of H-pyrrole nitrogens is 1. The molecule has 0 unspecified atom stereocenters. The van der Waals surface area contributed by atoms with Crippen molar-refractivity contribution in [3.05, 3.63) is 75.5 Å². The van der Waals surface area contributed by atoms with Gasteiger partial charge in [0.2, 0.25) is 0 Å². The summed E-state index contributed by atoms with van der Waals surface area (Å²) in [7, 11) is 0. The number of para-hydroxylation sites is 1. The zero-order valence-corrected chi connectivity index (χ0v) is 14.7. The van der Waals surface area contributed by atoms with Crippen LogP contribution >= 0.6 is 0 Å². The Morgan fingerprint density at radius 3 is 2.86 bits per heavy atom. The van der Waals surface area contributed by atoms with Gasteiger partial charge in [-0.25, -0.2) is 0 Å². The first kappa shape index (κ1) is 18.7. The number of aromatic amines is 1. The number of carbonyl (C=O) groups is 1. The molecule has 0 saturated carbocycles. The molecule has 1 aromatic heterocycles. The molecule has 8 heteroatoms. The van der Waals surface area contributed by atoms with Crippen molar-refractivity contribution in [2.24, 2.45) is 0 Å². The maximum absolute atomic E-state index is 12.3. The standard InChI is InChI=1S/C20H16N4O4/c21-11-15(9-14-10-16(24(27)28)5-6-19(14)25)20(26)22-8-7-13-12-23-18-4-2-1-3-17(13)18/h1-6,9-10,12,23,25H,7-8H2,(H,22,26)/b15-9-. The third kappa shape index (κ3) is 3.99. The largest absolute Gasteiger partial charge is 0.507 e. The lowest BCUT2D eigenvalue weighted by molar-refractivity contribution is -0.384. The summed E-state index contributed by atoms with van der Waals surface area (Å²) in [5.41, 5.74) is 1.56. The van der Waals surface area contributed by atoms with Crippen molar-refractivity contribution < 1.29 is 14.8 Å². The van der Waals surface area contributed by atoms with Crippen LogP contribution in [-0.2, 0) is 11.2 Å². The molecule has 1 heterocycles. The summed E-state index contributed by atoms with van der Waals surface area (Å²) in [6, 6.07) is 12.9. The van der Waals surface area contributed by atoms with Crippen molar-refractivity contribution in [1.82, 2.24) is 10.3 Å². The zero-order valence-electron chi connectivity index (χ0n) is 14.7. The molecule has 8 nitrogen and oxygen atoms in total. The Morgan fingerprint density at radius 2 is 2.11 bits per heavy atom. The molecule has 3 aromatic rings. The molecule has 0 fully saturated rings. The van der Waals surface area contributed by atoms with E-state index in [0.717, 1.165) is 40.7 Å². The minimum Gasteiger partial charge on any atom is -0.507 e. The van der Waals surface area contributed by atoms with Crippen molar-refractivity contribution in [3.63, 3.8) is 0 Å². The molecular formula is C20H16N4O4. The van der Waals surface area contributed by atoms with Gasteiger partial charge in [-0.2, -0.15) is 5.26 Å². The van der Waals surface area contributed by atoms with Crippen molar-refractivity contribution in [1.29, 1.82) is 5.26 Å². The van der Waals surface area contributed by atoms with Crippen molar-refractivity contribution >= 4 is 28.6 Å². The van der Waals surface area contributed by atoms with Gasteiger partial charge in [0, 0.05) is 41.3 Å². The van der Waals surface area contributed by atoms with Crippen LogP contribution in [0.2, 0.25) is 0 Å². The van der Waals surface area contributed by atoms with E-state index in [1.54, 1.807) is 6.07 Å². The number of nitriles is 1. The van der Waals surface area contributed by atoms with Gasteiger partial charge < -0.3 is 15.4 Å². The highest BCUT2D eigenvalue weighted by Gasteiger charge is 2.13. The number of amides is 1. The molecule has 28 heavy (non-hydrogen) atoms. The first-order valence-electron chi connectivity index (χ1n) is 8.42. The van der Waals surface area contributed by atoms with Gasteiger partial charge in [-0.05, 0) is 30.2 Å². The molecule has 140 valence electrons. The number of aromatic hydroxyl groups is 1. The molecule has 0 bridgehead atoms. The van der Waals surface area contributed by atoms with E-state index < -0.39 is 10.8 Å². The summed E-state index contributed by atoms with van der Waals surface area (Å²) in [5, 5.41) is 33.7. The number of hydrogen-bond donors (Lipinski definition) is 3. The fourth-order valence-electron chi connectivity index (χ4n) is 2.82. The normalized spacial score (nSPS) is 11.2. The van der Waals surface area contributed by atoms with Gasteiger partial charge in [0.05, 0.1) is 4.92 Å². The molecule has 0 aliphatic heterocycles. The number of carbonyl (C=O) groups excluding carboxylic acids is 1. The van der Waals surface area contributed by atoms with Crippen molar-refractivity contribution in [3.8, 4) is 11.8 Å². The lowest BCUT2D eigenvalue weighted by atomic mass is 10.1. The topological polar surface area (TPSA) is 132 Å². The molecule has 0 radical (unpaired) electrons. The summed E-state index contributed by atoms with van der Waals surface area (Å²) in [6.45, 7) is 0.306. The van der Waals surface area contributed by atoms with Crippen LogP contribution in [0, 0.1) is 21.4 Å². The Labute approximate surface area is 159 Å². The maximum atomic E-state index is 12.3. The third-order valence-corrected chi connectivity index (χ3v) is 4.24. The number of rotatable bonds is 6. The number of nitro groups is 1. The van der Waals surface area contributed by atoms with Gasteiger partial charge in [0.15, 0.2) is 0 Å². The Bertz CT molecular complexity index is 1120. The summed E-state index contributed by atoms with van der Waals surface area (Å²) < 4.78 is 0. The summed E-state index contributed by atoms with van der Waals surface area (Å²) in [5.74, 6) is -0.877. The monoisotopic (exact) mass is 376 g/mol. The predicted octanol–water partition coefficient (Wildman–Crippen LogP) is 3.05. The molecule has 0 aliphatic carbocycles. The molecule has 2 aromatic carbocycles. The number of phenols is 1. The molecule has 0 aliphatic rings. The van der Waals surface area contributed by atoms with Crippen LogP contribution in [0.5, 0.6) is 5.75 Å². The smallest absolute Gasteiger partial charge is 0.270 e. The van der Waals surface area contributed by atoms with E-state index in [4.69, 9.17) is 0 Å². The quantitative estimate of drug-likeness (QED) is 0.263. The van der Waals surface area contributed by atoms with Crippen LogP contribution in [0.15, 0.2) is 54.2 Å². The first-order valence-corrected chi connectivity index (χ1v) is 8.42. The number of nitro benzene ring substituents is 1. The summed E-state index contributed by atoms with van der Waals surface area (Å²) in [4.78, 5) is 25.7. The highest BCUT2D eigenvalue weighted by molar-refractivity contribution is 6.02. The number of hydrogen-bond acceptors (Lipinski definition) is 5. The van der Waals surface area contributed by atoms with E-state index in [1.807, 2.05) is 30.5 Å². The molecule has 0 atom stereocenters. The third-order valence-electron chi connectivity index (χ3n) is 4.24. The maximum Gasteiger partial charge on any atom is 0.270 e. The van der Waals surface area contributed by atoms with Crippen LogP contribution in [0.3, 0.4) is 0 Å². The van der Waals surface area contributed by atoms with E-state index in [1.165, 1.54) is 0 Å². The Kier molecular flexibility index (Phi) is 5.37. The lowest BCUT2D eigenvalue weighted by Gasteiger charge is -2.05. The fraction of sp³-hybridized carbons (Fsp3) is 0.100. The van der Waals surface area contributed by atoms with Gasteiger partial charge in [-0.1, -0.05) is 18.2 Å². The summed E-state index contributed by atoms with van der Waals surface area (Å²) >= 11 is 0. The first-order chi connectivity index (χ1) is 13.5. The number of aromatic nitrogens is 1. The number of nitrogens with one attached hydrogen (secondary N) is 2. The predicted molar refractivity (Wildman–Crippen MR) is 103 cm³/mol. The van der Waals surface area contributed by atoms with Crippen LogP contribution in [0.4, 0.5) is 5.69 Å². The minimum absolute atomic E-state index is 0.0255. The van der Waals surface area contributed by atoms with E-state index in [2.05, 4.69) is 10.3 Å². The van der Waals surface area contributed by atoms with Crippen LogP contribution in [-0.4, -0.2) is 27.5 Å². The fourth-order valence-corrected chi connectivity index (χ4v) is 2.82. The highest BCUT2D eigenvalue weighted by Crippen LogP contribution is 2.25. The second-order valence-corrected chi connectivity index (χ2v) is 6.04. The summed E-state index contributed by atoms with van der Waals surface area (Å²) in [6.07, 6.45) is 3.57. The molecule has 0 saturated heterocycles. The van der Waals surface area contributed by atoms with Gasteiger partial charge in [-0.3, -0.25) is 14.9 Å². The van der Waals surface area contributed by atoms with E-state index in [9.17, 15) is 25.3 Å². The van der Waals surface area contributed by atoms with E-state index in [-0.39, 0.29) is 22.6 Å². The number of phenolic OH excluding ortho intramolecular Hbond substituents is 1. The molecule has 3 N–H and O–H groups in total. The zero-order chi connectivity index (χ0) is 20.1. The van der Waals surface area contributed by atoms with E-state index in [0.29, 0.717) is 13.0 Å². The number of benzene rings is 2. The average molecular weight is 376 g/mol. The van der Waals surface area contributed by atoms with Crippen LogP contribution in [0.1, 0.15) is 11.1 Å². The van der Waals surface area contributed by atoms with Gasteiger partial charge in [-0.15, -0.1) is 0 Å². The van der Waals surface area contributed by atoms with Crippen molar-refractivity contribution in [2.45, 2.75) is 6.42 Å². The molecular weight excluding hydrogens is 360 g/mol. The lowest BCUT2D eigenvalue weighted by Crippen LogP contribution is -2.26. The number of nitrogens with zero attached hydrogens (tertiary/aromatic N) is 2. The minimum atomic E-state index is -0.621. The van der Waals surface area contributed by atoms with Crippen molar-refractivity contribution in [2.75, 3.05) is 6.54 Å². The Balaban J connectivity index is 1.70. The van der Waals surface area contributed by atoms with Gasteiger partial charge >= 0.3 is 0 Å². The van der Waals surface area contributed by atoms with Crippen LogP contribution in [0.25, 0.3) is 17.0 Å². The molecule has 3 rings (SSSR count). The van der Waals surface area contributed by atoms with Crippen LogP contribution < -0.4 is 5.32 Å². The second-order valence-electron chi connectivity index (χ2n) is 6.04. The highest BCUT2D eigenvalue weighted by atomic mass is 16.6. The second kappa shape index (κ2) is 8.05. The van der Waals surface area contributed by atoms with Gasteiger partial charge in [0.25, 0.3) is 11.6 Å². The SMILES string of the molecule is N#C/C(=C/c1cc([N+](=O)[O-])ccc1O)C(=O)NCCc1c[nH]c2ccccc12. The molecule has 0 spiro atoms. The number of non-ortho nitro benzene ring substituents is 1.